The molecule has 1 aromatic carbocycles. The summed E-state index contributed by atoms with van der Waals surface area (Å²) in [6.45, 7) is 6.96. The van der Waals surface area contributed by atoms with Crippen LogP contribution in [0.15, 0.2) is 41.8 Å². The maximum absolute atomic E-state index is 12.4. The second-order valence-electron chi connectivity index (χ2n) is 4.33. The topological polar surface area (TPSA) is 63.4 Å². The van der Waals surface area contributed by atoms with E-state index < -0.39 is 10.0 Å². The molecule has 1 aromatic rings. The Hall–Kier alpha value is -1.17. The lowest BCUT2D eigenvalue weighted by molar-refractivity contribution is 0.441. The van der Waals surface area contributed by atoms with Crippen molar-refractivity contribution in [2.45, 2.75) is 24.7 Å². The first-order valence-electron chi connectivity index (χ1n) is 6.46. The Balaban J connectivity index is 3.00. The lowest BCUT2D eigenvalue weighted by Gasteiger charge is -2.20. The first kappa shape index (κ1) is 15.9. The van der Waals surface area contributed by atoms with E-state index in [2.05, 4.69) is 6.58 Å². The first-order valence-corrected chi connectivity index (χ1v) is 7.90. The number of sulfonamides is 1. The van der Waals surface area contributed by atoms with Crippen molar-refractivity contribution < 1.29 is 8.42 Å². The molecule has 0 fully saturated rings. The van der Waals surface area contributed by atoms with E-state index in [4.69, 9.17) is 5.73 Å². The summed E-state index contributed by atoms with van der Waals surface area (Å²) in [5, 5.41) is 0. The number of hydrogen-bond donors (Lipinski definition) is 1. The summed E-state index contributed by atoms with van der Waals surface area (Å²) >= 11 is 0. The van der Waals surface area contributed by atoms with Gasteiger partial charge in [0, 0.05) is 13.1 Å². The molecule has 0 saturated heterocycles. The fraction of sp³-hybridized carbons (Fsp3) is 0.429. The second kappa shape index (κ2) is 7.43. The summed E-state index contributed by atoms with van der Waals surface area (Å²) in [7, 11) is -3.43. The summed E-state index contributed by atoms with van der Waals surface area (Å²) < 4.78 is 26.3. The minimum atomic E-state index is -3.43. The van der Waals surface area contributed by atoms with Crippen LogP contribution >= 0.6 is 0 Å². The number of nitrogens with zero attached hydrogens (tertiary/aromatic N) is 1. The average molecular weight is 282 g/mol. The van der Waals surface area contributed by atoms with Gasteiger partial charge >= 0.3 is 0 Å². The zero-order valence-corrected chi connectivity index (χ0v) is 12.2. The molecule has 0 radical (unpaired) electrons. The molecule has 106 valence electrons. The number of hydrogen-bond acceptors (Lipinski definition) is 3. The molecule has 0 saturated carbocycles. The van der Waals surface area contributed by atoms with Gasteiger partial charge in [0.25, 0.3) is 0 Å². The van der Waals surface area contributed by atoms with Crippen molar-refractivity contribution in [3.63, 3.8) is 0 Å². The molecule has 0 aromatic heterocycles. The summed E-state index contributed by atoms with van der Waals surface area (Å²) in [5.74, 6) is 0. The molecule has 0 heterocycles. The Morgan fingerprint density at radius 2 is 1.95 bits per heavy atom. The Kier molecular flexibility index (Phi) is 6.21. The molecular formula is C14H22N2O2S. The van der Waals surface area contributed by atoms with Crippen LogP contribution in [-0.4, -0.2) is 32.4 Å². The van der Waals surface area contributed by atoms with E-state index in [1.54, 1.807) is 18.2 Å². The van der Waals surface area contributed by atoms with Crippen molar-refractivity contribution in [2.24, 2.45) is 5.73 Å². The van der Waals surface area contributed by atoms with E-state index >= 15 is 0 Å². The monoisotopic (exact) mass is 282 g/mol. The van der Waals surface area contributed by atoms with Gasteiger partial charge in [0.15, 0.2) is 0 Å². The summed E-state index contributed by atoms with van der Waals surface area (Å²) in [6, 6.07) is 6.92. The molecule has 0 aliphatic rings. The molecule has 5 heteroatoms. The molecule has 0 atom stereocenters. The molecule has 0 aliphatic heterocycles. The van der Waals surface area contributed by atoms with Gasteiger partial charge in [0.2, 0.25) is 10.0 Å². The van der Waals surface area contributed by atoms with E-state index in [-0.39, 0.29) is 0 Å². The minimum absolute atomic E-state index is 0.323. The zero-order valence-electron chi connectivity index (χ0n) is 11.4. The van der Waals surface area contributed by atoms with Crippen LogP contribution in [0.2, 0.25) is 0 Å². The van der Waals surface area contributed by atoms with Crippen molar-refractivity contribution in [2.75, 3.05) is 19.6 Å². The minimum Gasteiger partial charge on any atom is -0.330 e. The molecule has 1 rings (SSSR count). The van der Waals surface area contributed by atoms with E-state index in [1.165, 1.54) is 4.31 Å². The van der Waals surface area contributed by atoms with E-state index in [1.807, 2.05) is 19.1 Å². The molecule has 0 bridgehead atoms. The van der Waals surface area contributed by atoms with Gasteiger partial charge in [-0.15, -0.1) is 6.58 Å². The number of nitrogens with two attached hydrogens (primary N) is 1. The largest absolute Gasteiger partial charge is 0.330 e. The van der Waals surface area contributed by atoms with Crippen LogP contribution in [-0.2, 0) is 16.4 Å². The Morgan fingerprint density at radius 1 is 1.32 bits per heavy atom. The van der Waals surface area contributed by atoms with E-state index in [0.717, 1.165) is 18.4 Å². The van der Waals surface area contributed by atoms with Crippen molar-refractivity contribution in [3.05, 3.63) is 42.5 Å². The maximum Gasteiger partial charge on any atom is 0.243 e. The Labute approximate surface area is 116 Å². The predicted molar refractivity (Wildman–Crippen MR) is 78.4 cm³/mol. The van der Waals surface area contributed by atoms with Gasteiger partial charge in [-0.25, -0.2) is 8.42 Å². The van der Waals surface area contributed by atoms with Gasteiger partial charge in [0.05, 0.1) is 4.90 Å². The molecule has 0 amide bonds. The van der Waals surface area contributed by atoms with Crippen molar-refractivity contribution in [1.82, 2.24) is 4.31 Å². The SMILES string of the molecule is C=CCN(CCC)S(=O)(=O)c1ccc(CCN)cc1. The van der Waals surface area contributed by atoms with Crippen molar-refractivity contribution in [3.8, 4) is 0 Å². The fourth-order valence-corrected chi connectivity index (χ4v) is 3.35. The first-order chi connectivity index (χ1) is 9.06. The summed E-state index contributed by atoms with van der Waals surface area (Å²) in [6.07, 6.45) is 3.14. The van der Waals surface area contributed by atoms with Crippen LogP contribution in [0.4, 0.5) is 0 Å². The van der Waals surface area contributed by atoms with Gasteiger partial charge in [0.1, 0.15) is 0 Å². The fourth-order valence-electron chi connectivity index (χ4n) is 1.85. The quantitative estimate of drug-likeness (QED) is 0.739. The molecule has 4 nitrogen and oxygen atoms in total. The number of rotatable bonds is 8. The lowest BCUT2D eigenvalue weighted by Crippen LogP contribution is -2.32. The van der Waals surface area contributed by atoms with Gasteiger partial charge in [-0.1, -0.05) is 25.1 Å². The normalized spacial score (nSPS) is 11.7. The predicted octanol–water partition coefficient (Wildman–Crippen LogP) is 1.77. The van der Waals surface area contributed by atoms with Gasteiger partial charge in [-0.3, -0.25) is 0 Å². The summed E-state index contributed by atoms with van der Waals surface area (Å²) in [4.78, 5) is 0.323. The summed E-state index contributed by atoms with van der Waals surface area (Å²) in [5.41, 5.74) is 6.52. The Bertz CT molecular complexity index is 495. The average Bonchev–Trinajstić information content (AvgIpc) is 2.39. The van der Waals surface area contributed by atoms with Crippen LogP contribution in [0, 0.1) is 0 Å². The molecular weight excluding hydrogens is 260 g/mol. The van der Waals surface area contributed by atoms with Gasteiger partial charge < -0.3 is 5.73 Å². The van der Waals surface area contributed by atoms with E-state index in [9.17, 15) is 8.42 Å². The third kappa shape index (κ3) is 4.16. The molecule has 0 spiro atoms. The molecule has 19 heavy (non-hydrogen) atoms. The smallest absolute Gasteiger partial charge is 0.243 e. The molecule has 2 N–H and O–H groups in total. The van der Waals surface area contributed by atoms with E-state index in [0.29, 0.717) is 24.5 Å². The van der Waals surface area contributed by atoms with Gasteiger partial charge in [-0.05, 0) is 37.1 Å². The van der Waals surface area contributed by atoms with Crippen molar-refractivity contribution >= 4 is 10.0 Å². The third-order valence-corrected chi connectivity index (χ3v) is 4.68. The molecule has 0 unspecified atom stereocenters. The number of benzene rings is 1. The van der Waals surface area contributed by atoms with Crippen LogP contribution in [0.1, 0.15) is 18.9 Å². The van der Waals surface area contributed by atoms with Crippen LogP contribution in [0.25, 0.3) is 0 Å². The zero-order chi connectivity index (χ0) is 14.3. The van der Waals surface area contributed by atoms with Crippen molar-refractivity contribution in [1.29, 1.82) is 0 Å². The lowest BCUT2D eigenvalue weighted by atomic mass is 10.2. The third-order valence-electron chi connectivity index (χ3n) is 2.80. The van der Waals surface area contributed by atoms with Crippen LogP contribution in [0.3, 0.4) is 0 Å². The van der Waals surface area contributed by atoms with Crippen LogP contribution < -0.4 is 5.73 Å². The Morgan fingerprint density at radius 3 is 2.42 bits per heavy atom. The maximum atomic E-state index is 12.4. The highest BCUT2D eigenvalue weighted by atomic mass is 32.2. The van der Waals surface area contributed by atoms with Gasteiger partial charge in [-0.2, -0.15) is 4.31 Å². The highest BCUT2D eigenvalue weighted by molar-refractivity contribution is 7.89. The highest BCUT2D eigenvalue weighted by Gasteiger charge is 2.22. The van der Waals surface area contributed by atoms with Crippen LogP contribution in [0.5, 0.6) is 0 Å². The molecule has 0 aliphatic carbocycles. The second-order valence-corrected chi connectivity index (χ2v) is 6.27. The standard InChI is InChI=1S/C14H22N2O2S/c1-3-11-16(12-4-2)19(17,18)14-7-5-13(6-8-14)9-10-15/h3,5-8H,1,4,9-12,15H2,2H3. The highest BCUT2D eigenvalue weighted by Crippen LogP contribution is 2.17.